The fraction of sp³-hybridized carbons (Fsp3) is 0.629. The molecule has 4 heterocycles. The SMILES string of the molecule is O=C1N[C@]2(C(=O)NS(=O)(=O)C3CC3)C[C@@H]2/C=C\CCCCC[C@H](NC(=O)N2CCOCC2)C(=O)N2C[C@H](OC(=O)N3Cc4cccc(F)c4C3)C[C@@H]12. The van der Waals surface area contributed by atoms with Crippen LogP contribution in [0.25, 0.3) is 0 Å². The van der Waals surface area contributed by atoms with Gasteiger partial charge in [0, 0.05) is 37.5 Å². The van der Waals surface area contributed by atoms with Crippen molar-refractivity contribution < 1.29 is 46.3 Å². The van der Waals surface area contributed by atoms with Crippen LogP contribution in [-0.2, 0) is 47.0 Å². The Balaban J connectivity index is 1.13. The van der Waals surface area contributed by atoms with Gasteiger partial charge in [0.1, 0.15) is 29.5 Å². The number of carbonyl (C=O) groups excluding carboxylic acids is 5. The Morgan fingerprint density at radius 2 is 1.81 bits per heavy atom. The second kappa shape index (κ2) is 14.6. The summed E-state index contributed by atoms with van der Waals surface area (Å²) in [5, 5.41) is 5.02. The molecule has 1 aromatic carbocycles. The molecule has 17 heteroatoms. The summed E-state index contributed by atoms with van der Waals surface area (Å²) in [6.45, 7) is 1.43. The maximum atomic E-state index is 14.4. The number of hydrogen-bond acceptors (Lipinski definition) is 9. The van der Waals surface area contributed by atoms with E-state index in [1.165, 1.54) is 15.9 Å². The van der Waals surface area contributed by atoms with Crippen molar-refractivity contribution in [3.05, 3.63) is 47.3 Å². The summed E-state index contributed by atoms with van der Waals surface area (Å²) < 4.78 is 53.3. The normalized spacial score (nSPS) is 30.1. The Morgan fingerprint density at radius 3 is 2.56 bits per heavy atom. The molecule has 6 aliphatic rings. The molecule has 7 rings (SSSR count). The zero-order valence-electron chi connectivity index (χ0n) is 28.9. The van der Waals surface area contributed by atoms with Gasteiger partial charge >= 0.3 is 12.1 Å². The zero-order chi connectivity index (χ0) is 36.6. The molecule has 1 aromatic rings. The number of nitrogens with one attached hydrogen (secondary N) is 3. The molecule has 3 N–H and O–H groups in total. The van der Waals surface area contributed by atoms with Gasteiger partial charge in [0.05, 0.1) is 31.6 Å². The van der Waals surface area contributed by atoms with Crippen LogP contribution in [0, 0.1) is 11.7 Å². The molecule has 2 saturated carbocycles. The van der Waals surface area contributed by atoms with Crippen LogP contribution < -0.4 is 15.4 Å². The zero-order valence-corrected chi connectivity index (χ0v) is 29.7. The second-order valence-corrected chi connectivity index (χ2v) is 16.6. The summed E-state index contributed by atoms with van der Waals surface area (Å²) in [4.78, 5) is 73.1. The molecule has 0 spiro atoms. The minimum absolute atomic E-state index is 0.00602. The lowest BCUT2D eigenvalue weighted by Crippen LogP contribution is -2.59. The molecule has 5 atom stereocenters. The van der Waals surface area contributed by atoms with E-state index in [1.807, 2.05) is 12.2 Å². The van der Waals surface area contributed by atoms with Crippen LogP contribution in [0.4, 0.5) is 14.0 Å². The summed E-state index contributed by atoms with van der Waals surface area (Å²) in [7, 11) is -3.92. The summed E-state index contributed by atoms with van der Waals surface area (Å²) in [6, 6.07) is 1.99. The van der Waals surface area contributed by atoms with Gasteiger partial charge < -0.3 is 29.9 Å². The van der Waals surface area contributed by atoms with E-state index in [0.29, 0.717) is 69.5 Å². The van der Waals surface area contributed by atoms with Gasteiger partial charge in [-0.2, -0.15) is 0 Å². The Morgan fingerprint density at radius 1 is 1.02 bits per heavy atom. The third kappa shape index (κ3) is 7.61. The smallest absolute Gasteiger partial charge is 0.410 e. The predicted molar refractivity (Wildman–Crippen MR) is 182 cm³/mol. The summed E-state index contributed by atoms with van der Waals surface area (Å²) >= 11 is 0. The van der Waals surface area contributed by atoms with Crippen LogP contribution in [0.3, 0.4) is 0 Å². The van der Waals surface area contributed by atoms with Crippen LogP contribution >= 0.6 is 0 Å². The molecular formula is C35H45FN6O9S. The number of carbonyl (C=O) groups is 5. The molecule has 4 fully saturated rings. The fourth-order valence-electron chi connectivity index (χ4n) is 7.58. The van der Waals surface area contributed by atoms with Crippen molar-refractivity contribution in [2.24, 2.45) is 5.92 Å². The van der Waals surface area contributed by atoms with Crippen molar-refractivity contribution in [3.63, 3.8) is 0 Å². The molecule has 4 aliphatic heterocycles. The van der Waals surface area contributed by atoms with Crippen molar-refractivity contribution in [2.45, 2.75) is 99.9 Å². The van der Waals surface area contributed by atoms with Gasteiger partial charge in [0.15, 0.2) is 0 Å². The first kappa shape index (κ1) is 36.1. The van der Waals surface area contributed by atoms with Gasteiger partial charge in [-0.15, -0.1) is 0 Å². The highest BCUT2D eigenvalue weighted by atomic mass is 32.2. The molecule has 0 unspecified atom stereocenters. The number of amides is 6. The maximum absolute atomic E-state index is 14.4. The van der Waals surface area contributed by atoms with Crippen molar-refractivity contribution in [3.8, 4) is 0 Å². The number of sulfonamides is 1. The van der Waals surface area contributed by atoms with Gasteiger partial charge in [-0.05, 0) is 50.2 Å². The highest BCUT2D eigenvalue weighted by molar-refractivity contribution is 7.91. The standard InChI is InChI=1S/C35H45FN6O9S/c36-27-9-6-7-22-19-41(21-26(22)27)34(47)51-24-17-29-30(43)38-35(32(45)39-52(48,49)25-11-12-25)18-23(35)8-4-2-1-3-5-10-28(31(44)42(29)20-24)37-33(46)40-13-15-50-16-14-40/h4,6-9,23-25,28-29H,1-3,5,10-21H2,(H,37,46)(H,38,43)(H,39,45)/b8-4-/t23-,24+,28-,29-,35+/m0/s1. The Kier molecular flexibility index (Phi) is 10.2. The van der Waals surface area contributed by atoms with Gasteiger partial charge in [-0.1, -0.05) is 37.1 Å². The first-order valence-electron chi connectivity index (χ1n) is 18.2. The van der Waals surface area contributed by atoms with Crippen LogP contribution in [0.15, 0.2) is 30.4 Å². The van der Waals surface area contributed by atoms with Gasteiger partial charge in [-0.3, -0.25) is 24.0 Å². The summed E-state index contributed by atoms with van der Waals surface area (Å²) in [5.74, 6) is -2.96. The third-order valence-corrected chi connectivity index (χ3v) is 12.7. The lowest BCUT2D eigenvalue weighted by Gasteiger charge is -2.32. The number of rotatable bonds is 5. The van der Waals surface area contributed by atoms with Crippen LogP contribution in [0.2, 0.25) is 0 Å². The molecule has 0 bridgehead atoms. The number of hydrogen-bond donors (Lipinski definition) is 3. The molecule has 0 aromatic heterocycles. The van der Waals surface area contributed by atoms with Crippen LogP contribution in [-0.4, -0.2) is 115 Å². The Hall–Kier alpha value is -4.25. The van der Waals surface area contributed by atoms with E-state index < -0.39 is 80.6 Å². The van der Waals surface area contributed by atoms with Gasteiger partial charge in [-0.25, -0.2) is 22.4 Å². The largest absolute Gasteiger partial charge is 0.444 e. The van der Waals surface area contributed by atoms with E-state index >= 15 is 0 Å². The minimum atomic E-state index is -3.92. The lowest BCUT2D eigenvalue weighted by molar-refractivity contribution is -0.141. The minimum Gasteiger partial charge on any atom is -0.444 e. The number of morpholine rings is 1. The van der Waals surface area contributed by atoms with Crippen LogP contribution in [0.1, 0.15) is 68.9 Å². The quantitative estimate of drug-likeness (QED) is 0.378. The maximum Gasteiger partial charge on any atom is 0.410 e. The highest BCUT2D eigenvalue weighted by Gasteiger charge is 2.62. The third-order valence-electron chi connectivity index (χ3n) is 10.9. The number of fused-ring (bicyclic) bond motifs is 3. The van der Waals surface area contributed by atoms with Crippen molar-refractivity contribution >= 4 is 39.9 Å². The topological polar surface area (TPSA) is 184 Å². The molecule has 2 saturated heterocycles. The van der Waals surface area contributed by atoms with E-state index in [1.54, 1.807) is 17.0 Å². The van der Waals surface area contributed by atoms with Crippen molar-refractivity contribution in [1.82, 2.24) is 30.1 Å². The molecule has 2 aliphatic carbocycles. The highest BCUT2D eigenvalue weighted by Crippen LogP contribution is 2.46. The number of allylic oxidation sites excluding steroid dienone is 1. The summed E-state index contributed by atoms with van der Waals surface area (Å²) in [6.07, 6.45) is 6.15. The molecule has 0 radical (unpaired) electrons. The van der Waals surface area contributed by atoms with E-state index in [4.69, 9.17) is 9.47 Å². The molecule has 15 nitrogen and oxygen atoms in total. The number of nitrogens with zero attached hydrogens (tertiary/aromatic N) is 3. The monoisotopic (exact) mass is 744 g/mol. The summed E-state index contributed by atoms with van der Waals surface area (Å²) in [5.41, 5.74) is -0.494. The number of halogens is 1. The average molecular weight is 745 g/mol. The Bertz CT molecular complexity index is 1750. The van der Waals surface area contributed by atoms with E-state index in [-0.39, 0.29) is 32.5 Å². The van der Waals surface area contributed by atoms with E-state index in [2.05, 4.69) is 15.4 Å². The average Bonchev–Trinajstić information content (AvgIpc) is 4.01. The molecule has 282 valence electrons. The van der Waals surface area contributed by atoms with E-state index in [9.17, 15) is 36.8 Å². The van der Waals surface area contributed by atoms with E-state index in [0.717, 1.165) is 12.8 Å². The molecular weight excluding hydrogens is 699 g/mol. The number of urea groups is 1. The fourth-order valence-corrected chi connectivity index (χ4v) is 8.95. The van der Waals surface area contributed by atoms with Crippen molar-refractivity contribution in [2.75, 3.05) is 32.8 Å². The van der Waals surface area contributed by atoms with Gasteiger partial charge in [0.2, 0.25) is 21.8 Å². The first-order chi connectivity index (χ1) is 24.9. The molecule has 6 amide bonds. The Labute approximate surface area is 301 Å². The predicted octanol–water partition coefficient (Wildman–Crippen LogP) is 1.66. The first-order valence-corrected chi connectivity index (χ1v) is 19.7. The van der Waals surface area contributed by atoms with Gasteiger partial charge in [0.25, 0.3) is 5.91 Å². The van der Waals surface area contributed by atoms with Crippen molar-refractivity contribution in [1.29, 1.82) is 0 Å². The number of benzene rings is 1. The lowest BCUT2D eigenvalue weighted by atomic mass is 10.0. The molecule has 52 heavy (non-hydrogen) atoms. The van der Waals surface area contributed by atoms with Crippen LogP contribution in [0.5, 0.6) is 0 Å². The number of ether oxygens (including phenoxy) is 2. The second-order valence-electron chi connectivity index (χ2n) is 14.6.